The molecule has 0 saturated carbocycles. The van der Waals surface area contributed by atoms with E-state index in [-0.39, 0.29) is 24.8 Å². The van der Waals surface area contributed by atoms with Crippen molar-refractivity contribution in [3.05, 3.63) is 48.0 Å². The Kier molecular flexibility index (Phi) is 9.21. The fourth-order valence-electron chi connectivity index (χ4n) is 2.34. The fourth-order valence-corrected chi connectivity index (χ4v) is 2.34. The molecule has 0 unspecified atom stereocenters. The highest BCUT2D eigenvalue weighted by Gasteiger charge is 2.19. The van der Waals surface area contributed by atoms with E-state index in [0.717, 1.165) is 5.56 Å². The highest BCUT2D eigenvalue weighted by molar-refractivity contribution is 5.88. The molecule has 2 N–H and O–H groups in total. The number of nitrogens with one attached hydrogen (secondary N) is 2. The van der Waals surface area contributed by atoms with Gasteiger partial charge in [0.25, 0.3) is 0 Å². The molecule has 1 rings (SSSR count). The van der Waals surface area contributed by atoms with Gasteiger partial charge in [0.1, 0.15) is 5.60 Å². The Hall–Kier alpha value is -2.83. The minimum Gasteiger partial charge on any atom is -0.469 e. The first-order valence-electron chi connectivity index (χ1n) is 9.20. The first kappa shape index (κ1) is 23.2. The maximum absolute atomic E-state index is 12.2. The lowest BCUT2D eigenvalue weighted by molar-refractivity contribution is -0.140. The largest absolute Gasteiger partial charge is 0.469 e. The van der Waals surface area contributed by atoms with Gasteiger partial charge in [0.2, 0.25) is 5.91 Å². The number of benzene rings is 1. The Morgan fingerprint density at radius 3 is 2.32 bits per heavy atom. The predicted octanol–water partition coefficient (Wildman–Crippen LogP) is 3.27. The van der Waals surface area contributed by atoms with Crippen LogP contribution in [-0.2, 0) is 19.1 Å². The molecule has 0 heterocycles. The van der Waals surface area contributed by atoms with Crippen LogP contribution >= 0.6 is 0 Å². The third-order valence-electron chi connectivity index (χ3n) is 3.73. The van der Waals surface area contributed by atoms with Crippen LogP contribution in [0.25, 0.3) is 0 Å². The average molecular weight is 390 g/mol. The predicted molar refractivity (Wildman–Crippen MR) is 107 cm³/mol. The van der Waals surface area contributed by atoms with Gasteiger partial charge in [0.05, 0.1) is 19.2 Å². The van der Waals surface area contributed by atoms with Gasteiger partial charge in [-0.25, -0.2) is 4.79 Å². The highest BCUT2D eigenvalue weighted by Crippen LogP contribution is 2.11. The molecule has 7 nitrogen and oxygen atoms in total. The van der Waals surface area contributed by atoms with Crippen LogP contribution < -0.4 is 10.6 Å². The molecule has 0 aliphatic rings. The van der Waals surface area contributed by atoms with Gasteiger partial charge in [-0.15, -0.1) is 0 Å². The van der Waals surface area contributed by atoms with Crippen LogP contribution in [0.3, 0.4) is 0 Å². The van der Waals surface area contributed by atoms with Gasteiger partial charge >= 0.3 is 12.1 Å². The maximum atomic E-state index is 12.2. The van der Waals surface area contributed by atoms with E-state index in [1.165, 1.54) is 13.2 Å². The number of rotatable bonds is 8. The second kappa shape index (κ2) is 11.1. The van der Waals surface area contributed by atoms with E-state index in [2.05, 4.69) is 15.4 Å². The summed E-state index contributed by atoms with van der Waals surface area (Å²) >= 11 is 0. The fraction of sp³-hybridized carbons (Fsp3) is 0.476. The number of hydrogen-bond acceptors (Lipinski definition) is 5. The van der Waals surface area contributed by atoms with Gasteiger partial charge in [0, 0.05) is 12.5 Å². The summed E-state index contributed by atoms with van der Waals surface area (Å²) in [6, 6.07) is 8.86. The van der Waals surface area contributed by atoms with E-state index in [9.17, 15) is 14.4 Å². The van der Waals surface area contributed by atoms with Crippen LogP contribution in [0, 0.1) is 0 Å². The summed E-state index contributed by atoms with van der Waals surface area (Å²) in [6.45, 7) is 7.15. The molecule has 0 saturated heterocycles. The van der Waals surface area contributed by atoms with E-state index in [1.54, 1.807) is 26.8 Å². The van der Waals surface area contributed by atoms with Crippen molar-refractivity contribution in [2.24, 2.45) is 0 Å². The number of alkyl carbamates (subject to hydrolysis) is 1. The first-order chi connectivity index (χ1) is 13.1. The molecule has 7 heteroatoms. The Bertz CT molecular complexity index is 680. The molecule has 2 atom stereocenters. The van der Waals surface area contributed by atoms with Crippen LogP contribution in [0.1, 0.15) is 52.1 Å². The minimum absolute atomic E-state index is 0.101. The molecule has 0 aliphatic heterocycles. The van der Waals surface area contributed by atoms with Crippen LogP contribution in [0.4, 0.5) is 4.79 Å². The minimum atomic E-state index is -0.650. The zero-order valence-corrected chi connectivity index (χ0v) is 17.2. The molecular formula is C21H30N2O5. The third-order valence-corrected chi connectivity index (χ3v) is 3.73. The second-order valence-electron chi connectivity index (χ2n) is 7.37. The number of ether oxygens (including phenoxy) is 2. The molecule has 1 aromatic rings. The van der Waals surface area contributed by atoms with Crippen molar-refractivity contribution < 1.29 is 23.9 Å². The van der Waals surface area contributed by atoms with Crippen molar-refractivity contribution in [1.82, 2.24) is 10.6 Å². The van der Waals surface area contributed by atoms with Gasteiger partial charge in [-0.2, -0.15) is 0 Å². The van der Waals surface area contributed by atoms with Gasteiger partial charge < -0.3 is 20.1 Å². The van der Waals surface area contributed by atoms with Crippen molar-refractivity contribution in [2.45, 2.75) is 58.2 Å². The van der Waals surface area contributed by atoms with Crippen molar-refractivity contribution in [3.8, 4) is 0 Å². The molecule has 0 fully saturated rings. The van der Waals surface area contributed by atoms with Crippen molar-refractivity contribution in [3.63, 3.8) is 0 Å². The molecule has 2 amide bonds. The van der Waals surface area contributed by atoms with Crippen LogP contribution in [0.15, 0.2) is 42.5 Å². The Morgan fingerprint density at radius 2 is 1.75 bits per heavy atom. The summed E-state index contributed by atoms with van der Waals surface area (Å²) in [7, 11) is 1.30. The smallest absolute Gasteiger partial charge is 0.408 e. The zero-order chi connectivity index (χ0) is 21.2. The summed E-state index contributed by atoms with van der Waals surface area (Å²) in [5.41, 5.74) is 0.335. The van der Waals surface area contributed by atoms with E-state index in [1.807, 2.05) is 37.3 Å². The lowest BCUT2D eigenvalue weighted by atomic mass is 10.1. The van der Waals surface area contributed by atoms with Crippen LogP contribution in [-0.4, -0.2) is 36.7 Å². The summed E-state index contributed by atoms with van der Waals surface area (Å²) in [6.07, 6.45) is 2.65. The molecule has 28 heavy (non-hydrogen) atoms. The number of amides is 2. The monoisotopic (exact) mass is 390 g/mol. The van der Waals surface area contributed by atoms with E-state index in [0.29, 0.717) is 0 Å². The van der Waals surface area contributed by atoms with Crippen molar-refractivity contribution >= 4 is 18.0 Å². The SMILES string of the molecule is COC(=O)CC[C@H](/C=C/C(=O)N[C@H](C)c1ccccc1)NC(=O)OC(C)(C)C. The molecule has 0 radical (unpaired) electrons. The zero-order valence-electron chi connectivity index (χ0n) is 17.2. The lowest BCUT2D eigenvalue weighted by Crippen LogP contribution is -2.38. The topological polar surface area (TPSA) is 93.7 Å². The quantitative estimate of drug-likeness (QED) is 0.525. The molecule has 0 aromatic heterocycles. The molecule has 1 aromatic carbocycles. The number of esters is 1. The lowest BCUT2D eigenvalue weighted by Gasteiger charge is -2.22. The van der Waals surface area contributed by atoms with Crippen molar-refractivity contribution in [1.29, 1.82) is 0 Å². The van der Waals surface area contributed by atoms with Gasteiger partial charge in [0.15, 0.2) is 0 Å². The highest BCUT2D eigenvalue weighted by atomic mass is 16.6. The normalized spacial score (nSPS) is 13.5. The Balaban J connectivity index is 2.70. The van der Waals surface area contributed by atoms with E-state index < -0.39 is 23.7 Å². The van der Waals surface area contributed by atoms with Gasteiger partial charge in [-0.05, 0) is 39.7 Å². The second-order valence-corrected chi connectivity index (χ2v) is 7.37. The molecule has 154 valence electrons. The Morgan fingerprint density at radius 1 is 1.11 bits per heavy atom. The third kappa shape index (κ3) is 9.75. The number of carbonyl (C=O) groups is 3. The molecule has 0 spiro atoms. The summed E-state index contributed by atoms with van der Waals surface area (Å²) in [5.74, 6) is -0.697. The molecule has 0 aliphatic carbocycles. The van der Waals surface area contributed by atoms with E-state index in [4.69, 9.17) is 4.74 Å². The number of methoxy groups -OCH3 is 1. The standard InChI is InChI=1S/C21H30N2O5/c1-15(16-9-7-6-8-10-16)22-18(24)13-11-17(12-14-19(25)27-5)23-20(26)28-21(2,3)4/h6-11,13,15,17H,12,14H2,1-5H3,(H,22,24)(H,23,26)/b13-11+/t15-,17+/m1/s1. The maximum Gasteiger partial charge on any atom is 0.408 e. The summed E-state index contributed by atoms with van der Waals surface area (Å²) in [4.78, 5) is 35.6. The van der Waals surface area contributed by atoms with Gasteiger partial charge in [-0.3, -0.25) is 9.59 Å². The Labute approximate surface area is 166 Å². The first-order valence-corrected chi connectivity index (χ1v) is 9.20. The van der Waals surface area contributed by atoms with Gasteiger partial charge in [-0.1, -0.05) is 36.4 Å². The van der Waals surface area contributed by atoms with Crippen LogP contribution in [0.2, 0.25) is 0 Å². The van der Waals surface area contributed by atoms with Crippen LogP contribution in [0.5, 0.6) is 0 Å². The summed E-state index contributed by atoms with van der Waals surface area (Å²) < 4.78 is 9.86. The average Bonchev–Trinajstić information content (AvgIpc) is 2.62. The number of hydrogen-bond donors (Lipinski definition) is 2. The molecule has 0 bridgehead atoms. The molecular weight excluding hydrogens is 360 g/mol. The van der Waals surface area contributed by atoms with Crippen molar-refractivity contribution in [2.75, 3.05) is 7.11 Å². The summed E-state index contributed by atoms with van der Waals surface area (Å²) in [5, 5.41) is 5.52. The number of carbonyl (C=O) groups excluding carboxylic acids is 3. The van der Waals surface area contributed by atoms with E-state index >= 15 is 0 Å².